The Morgan fingerprint density at radius 2 is 1.80 bits per heavy atom. The number of rotatable bonds is 6. The summed E-state index contributed by atoms with van der Waals surface area (Å²) in [5.74, 6) is 0.878. The van der Waals surface area contributed by atoms with Gasteiger partial charge in [0.1, 0.15) is 5.82 Å². The summed E-state index contributed by atoms with van der Waals surface area (Å²) in [5.41, 5.74) is 2.13. The first-order valence-electron chi connectivity index (χ1n) is 6.96. The molecule has 0 fully saturated rings. The van der Waals surface area contributed by atoms with Crippen molar-refractivity contribution in [2.45, 2.75) is 24.8 Å². The zero-order valence-corrected chi connectivity index (χ0v) is 12.7. The Morgan fingerprint density at radius 1 is 1.05 bits per heavy atom. The van der Waals surface area contributed by atoms with E-state index in [9.17, 15) is 4.39 Å². The van der Waals surface area contributed by atoms with Crippen molar-refractivity contribution in [3.8, 4) is 0 Å². The highest BCUT2D eigenvalue weighted by molar-refractivity contribution is 7.99. The Bertz CT molecular complexity index is 539. The molecule has 0 heterocycles. The number of hydrogen-bond acceptors (Lipinski definition) is 2. The van der Waals surface area contributed by atoms with Gasteiger partial charge in [0.25, 0.3) is 0 Å². The van der Waals surface area contributed by atoms with E-state index in [4.69, 9.17) is 0 Å². The summed E-state index contributed by atoms with van der Waals surface area (Å²) in [6.07, 6.45) is 0. The van der Waals surface area contributed by atoms with Crippen LogP contribution in [0.25, 0.3) is 0 Å². The van der Waals surface area contributed by atoms with Gasteiger partial charge in [-0.1, -0.05) is 38.1 Å². The lowest BCUT2D eigenvalue weighted by Gasteiger charge is -2.19. The van der Waals surface area contributed by atoms with Crippen LogP contribution < -0.4 is 5.32 Å². The highest BCUT2D eigenvalue weighted by Gasteiger charge is 2.13. The van der Waals surface area contributed by atoms with Crippen LogP contribution in [0, 0.1) is 5.82 Å². The molecule has 3 heteroatoms. The normalized spacial score (nSPS) is 12.3. The zero-order chi connectivity index (χ0) is 14.4. The summed E-state index contributed by atoms with van der Waals surface area (Å²) >= 11 is 1.83. The molecule has 0 bridgehead atoms. The third-order valence-electron chi connectivity index (χ3n) is 3.11. The maximum atomic E-state index is 13.4. The molecule has 0 aliphatic heterocycles. The van der Waals surface area contributed by atoms with Crippen LogP contribution >= 0.6 is 11.8 Å². The average molecular weight is 289 g/mol. The molecule has 1 nitrogen and oxygen atoms in total. The zero-order valence-electron chi connectivity index (χ0n) is 11.9. The monoisotopic (exact) mass is 289 g/mol. The van der Waals surface area contributed by atoms with Crippen molar-refractivity contribution >= 4 is 11.8 Å². The molecule has 0 saturated carbocycles. The van der Waals surface area contributed by atoms with E-state index in [0.29, 0.717) is 0 Å². The van der Waals surface area contributed by atoms with Gasteiger partial charge in [0.05, 0.1) is 6.04 Å². The predicted octanol–water partition coefficient (Wildman–Crippen LogP) is 4.64. The van der Waals surface area contributed by atoms with Crippen LogP contribution in [0.2, 0.25) is 0 Å². The van der Waals surface area contributed by atoms with Crippen molar-refractivity contribution in [2.75, 3.05) is 12.3 Å². The summed E-state index contributed by atoms with van der Waals surface area (Å²) in [7, 11) is 0. The van der Waals surface area contributed by atoms with E-state index < -0.39 is 0 Å². The number of hydrogen-bond donors (Lipinski definition) is 1. The molecule has 2 aromatic rings. The number of thioether (sulfide) groups is 1. The number of nitrogens with one attached hydrogen (secondary N) is 1. The predicted molar refractivity (Wildman–Crippen MR) is 84.8 cm³/mol. The van der Waals surface area contributed by atoms with Crippen molar-refractivity contribution in [3.63, 3.8) is 0 Å². The number of benzene rings is 2. The molecule has 1 N–H and O–H groups in total. The van der Waals surface area contributed by atoms with Crippen molar-refractivity contribution in [2.24, 2.45) is 0 Å². The summed E-state index contributed by atoms with van der Waals surface area (Å²) in [6, 6.07) is 15.3. The van der Waals surface area contributed by atoms with Gasteiger partial charge < -0.3 is 5.32 Å². The van der Waals surface area contributed by atoms with E-state index in [1.807, 2.05) is 17.8 Å². The van der Waals surface area contributed by atoms with Gasteiger partial charge in [0.2, 0.25) is 0 Å². The van der Waals surface area contributed by atoms with Crippen LogP contribution in [0.3, 0.4) is 0 Å². The van der Waals surface area contributed by atoms with E-state index >= 15 is 0 Å². The van der Waals surface area contributed by atoms with Crippen LogP contribution in [0.4, 0.5) is 4.39 Å². The molecule has 0 aromatic heterocycles. The molecular formula is C17H20FNS. The van der Waals surface area contributed by atoms with Crippen molar-refractivity contribution in [3.05, 3.63) is 65.5 Å². The van der Waals surface area contributed by atoms with Gasteiger partial charge in [0.15, 0.2) is 0 Å². The van der Waals surface area contributed by atoms with Crippen LogP contribution in [0.1, 0.15) is 31.0 Å². The summed E-state index contributed by atoms with van der Waals surface area (Å²) in [6.45, 7) is 5.05. The molecular weight excluding hydrogens is 269 g/mol. The Hall–Kier alpha value is -1.32. The van der Waals surface area contributed by atoms with Gasteiger partial charge in [-0.2, -0.15) is 0 Å². The lowest BCUT2D eigenvalue weighted by atomic mass is 9.98. The lowest BCUT2D eigenvalue weighted by Crippen LogP contribution is -2.22. The third-order valence-corrected chi connectivity index (χ3v) is 4.01. The van der Waals surface area contributed by atoms with Crippen LogP contribution in [-0.4, -0.2) is 12.3 Å². The van der Waals surface area contributed by atoms with Gasteiger partial charge in [-0.15, -0.1) is 11.8 Å². The fourth-order valence-corrected chi connectivity index (χ4v) is 2.90. The minimum atomic E-state index is -0.191. The molecule has 0 saturated heterocycles. The van der Waals surface area contributed by atoms with Crippen LogP contribution in [0.5, 0.6) is 0 Å². The molecule has 2 rings (SSSR count). The highest BCUT2D eigenvalue weighted by Crippen LogP contribution is 2.25. The molecule has 0 radical (unpaired) electrons. The molecule has 1 atom stereocenters. The second-order valence-electron chi connectivity index (χ2n) is 4.55. The SMILES string of the molecule is CCNC(c1ccc(SCC)cc1)c1cccc(F)c1. The lowest BCUT2D eigenvalue weighted by molar-refractivity contribution is 0.603. The molecule has 0 amide bonds. The first-order chi connectivity index (χ1) is 9.74. The largest absolute Gasteiger partial charge is 0.307 e. The van der Waals surface area contributed by atoms with Crippen molar-refractivity contribution in [1.29, 1.82) is 0 Å². The fraction of sp³-hybridized carbons (Fsp3) is 0.294. The highest BCUT2D eigenvalue weighted by atomic mass is 32.2. The molecule has 0 aliphatic carbocycles. The third kappa shape index (κ3) is 3.84. The first kappa shape index (κ1) is 15.1. The quantitative estimate of drug-likeness (QED) is 0.778. The maximum absolute atomic E-state index is 13.4. The second kappa shape index (κ2) is 7.46. The number of halogens is 1. The van der Waals surface area contributed by atoms with E-state index in [1.165, 1.54) is 11.0 Å². The maximum Gasteiger partial charge on any atom is 0.123 e. The minimum Gasteiger partial charge on any atom is -0.307 e. The standard InChI is InChI=1S/C17H20FNS/c1-3-19-17(14-6-5-7-15(18)12-14)13-8-10-16(11-9-13)20-4-2/h5-12,17,19H,3-4H2,1-2H3. The summed E-state index contributed by atoms with van der Waals surface area (Å²) < 4.78 is 13.4. The van der Waals surface area contributed by atoms with E-state index in [2.05, 4.69) is 43.4 Å². The van der Waals surface area contributed by atoms with Crippen LogP contribution in [-0.2, 0) is 0 Å². The smallest absolute Gasteiger partial charge is 0.123 e. The van der Waals surface area contributed by atoms with E-state index in [-0.39, 0.29) is 11.9 Å². The van der Waals surface area contributed by atoms with Gasteiger partial charge in [0, 0.05) is 4.90 Å². The van der Waals surface area contributed by atoms with E-state index in [1.54, 1.807) is 12.1 Å². The van der Waals surface area contributed by atoms with Crippen molar-refractivity contribution in [1.82, 2.24) is 5.32 Å². The first-order valence-corrected chi connectivity index (χ1v) is 7.94. The summed E-state index contributed by atoms with van der Waals surface area (Å²) in [5, 5.41) is 3.42. The Kier molecular flexibility index (Phi) is 5.62. The fourth-order valence-electron chi connectivity index (χ4n) is 2.24. The molecule has 1 unspecified atom stereocenters. The second-order valence-corrected chi connectivity index (χ2v) is 5.89. The van der Waals surface area contributed by atoms with Gasteiger partial charge >= 0.3 is 0 Å². The molecule has 0 spiro atoms. The molecule has 0 aliphatic rings. The Balaban J connectivity index is 2.28. The van der Waals surface area contributed by atoms with Gasteiger partial charge in [-0.3, -0.25) is 0 Å². The van der Waals surface area contributed by atoms with E-state index in [0.717, 1.165) is 23.4 Å². The molecule has 106 valence electrons. The van der Waals surface area contributed by atoms with Crippen LogP contribution in [0.15, 0.2) is 53.4 Å². The Morgan fingerprint density at radius 3 is 2.40 bits per heavy atom. The van der Waals surface area contributed by atoms with Gasteiger partial charge in [-0.05, 0) is 47.7 Å². The minimum absolute atomic E-state index is 0.0383. The van der Waals surface area contributed by atoms with Gasteiger partial charge in [-0.25, -0.2) is 4.39 Å². The summed E-state index contributed by atoms with van der Waals surface area (Å²) in [4.78, 5) is 1.27. The topological polar surface area (TPSA) is 12.0 Å². The average Bonchev–Trinajstić information content (AvgIpc) is 2.46. The molecule has 20 heavy (non-hydrogen) atoms. The molecule has 2 aromatic carbocycles. The Labute approximate surface area is 124 Å². The van der Waals surface area contributed by atoms with Crippen molar-refractivity contribution < 1.29 is 4.39 Å².